The Bertz CT molecular complexity index is 1720. The molecule has 0 unspecified atom stereocenters. The molecule has 0 radical (unpaired) electrons. The van der Waals surface area contributed by atoms with Crippen molar-refractivity contribution in [1.29, 1.82) is 0 Å². The SMILES string of the molecule is C=C(F)C(=O)Nc1cccc(CN(C(=O)OC(C)(C)C)c2cc(NCCC(C)(C)[C@H]3CCN(C(=O)O)C[C@@H]3OC)nc3c(C(C)C)cnn23)c1. The second-order valence-electron chi connectivity index (χ2n) is 14.7. The number of benzene rings is 1. The summed E-state index contributed by atoms with van der Waals surface area (Å²) in [6, 6.07) is 8.50. The van der Waals surface area contributed by atoms with Crippen LogP contribution in [0, 0.1) is 11.3 Å². The number of amides is 3. The lowest BCUT2D eigenvalue weighted by Gasteiger charge is -2.44. The van der Waals surface area contributed by atoms with E-state index in [4.69, 9.17) is 14.5 Å². The monoisotopic (exact) mass is 695 g/mol. The Morgan fingerprint density at radius 3 is 2.52 bits per heavy atom. The molecule has 13 nitrogen and oxygen atoms in total. The van der Waals surface area contributed by atoms with Crippen LogP contribution in [0.25, 0.3) is 5.65 Å². The summed E-state index contributed by atoms with van der Waals surface area (Å²) in [6.07, 6.45) is 1.39. The zero-order valence-corrected chi connectivity index (χ0v) is 30.2. The van der Waals surface area contributed by atoms with Crippen molar-refractivity contribution in [2.24, 2.45) is 11.3 Å². The third kappa shape index (κ3) is 9.29. The topological polar surface area (TPSA) is 151 Å². The third-order valence-corrected chi connectivity index (χ3v) is 8.98. The summed E-state index contributed by atoms with van der Waals surface area (Å²) in [5, 5.41) is 20.1. The van der Waals surface area contributed by atoms with Crippen molar-refractivity contribution in [3.63, 3.8) is 0 Å². The van der Waals surface area contributed by atoms with Crippen LogP contribution in [0.2, 0.25) is 0 Å². The van der Waals surface area contributed by atoms with Gasteiger partial charge in [0, 0.05) is 37.5 Å². The van der Waals surface area contributed by atoms with E-state index in [1.807, 2.05) is 13.8 Å². The Kier molecular flexibility index (Phi) is 11.8. The Hall–Kier alpha value is -4.72. The average molecular weight is 696 g/mol. The summed E-state index contributed by atoms with van der Waals surface area (Å²) >= 11 is 0. The third-order valence-electron chi connectivity index (χ3n) is 8.98. The van der Waals surface area contributed by atoms with Crippen LogP contribution in [-0.2, 0) is 20.8 Å². The zero-order valence-electron chi connectivity index (χ0n) is 30.2. The second-order valence-corrected chi connectivity index (χ2v) is 14.7. The number of ether oxygens (including phenoxy) is 2. The summed E-state index contributed by atoms with van der Waals surface area (Å²) in [5.41, 5.74) is 1.45. The molecular formula is C36H50FN7O6. The molecule has 3 aromatic rings. The minimum Gasteiger partial charge on any atom is -0.465 e. The summed E-state index contributed by atoms with van der Waals surface area (Å²) in [6.45, 7) is 18.2. The normalized spacial score (nSPS) is 16.7. The van der Waals surface area contributed by atoms with Crippen LogP contribution in [0.1, 0.15) is 78.4 Å². The van der Waals surface area contributed by atoms with Crippen molar-refractivity contribution in [2.75, 3.05) is 42.3 Å². The Labute approximate surface area is 292 Å². The molecule has 0 aliphatic carbocycles. The summed E-state index contributed by atoms with van der Waals surface area (Å²) in [5.74, 6) is -0.900. The van der Waals surface area contributed by atoms with Gasteiger partial charge >= 0.3 is 12.2 Å². The number of piperidine rings is 1. The quantitative estimate of drug-likeness (QED) is 0.169. The van der Waals surface area contributed by atoms with E-state index in [1.165, 1.54) is 9.80 Å². The number of methoxy groups -OCH3 is 1. The number of hydrogen-bond acceptors (Lipinski definition) is 8. The number of anilines is 3. The number of hydrogen-bond donors (Lipinski definition) is 3. The van der Waals surface area contributed by atoms with E-state index in [0.29, 0.717) is 54.6 Å². The molecule has 0 bridgehead atoms. The predicted molar refractivity (Wildman–Crippen MR) is 190 cm³/mol. The van der Waals surface area contributed by atoms with Gasteiger partial charge in [0.1, 0.15) is 17.2 Å². The van der Waals surface area contributed by atoms with Crippen LogP contribution in [0.3, 0.4) is 0 Å². The molecule has 272 valence electrons. The Morgan fingerprint density at radius 2 is 1.90 bits per heavy atom. The van der Waals surface area contributed by atoms with Crippen molar-refractivity contribution >= 4 is 41.1 Å². The highest BCUT2D eigenvalue weighted by Crippen LogP contribution is 2.39. The van der Waals surface area contributed by atoms with E-state index in [9.17, 15) is 23.9 Å². The van der Waals surface area contributed by atoms with Crippen LogP contribution in [0.4, 0.5) is 31.3 Å². The van der Waals surface area contributed by atoms with Gasteiger partial charge in [-0.1, -0.05) is 46.4 Å². The van der Waals surface area contributed by atoms with Gasteiger partial charge in [0.05, 0.1) is 25.4 Å². The van der Waals surface area contributed by atoms with E-state index in [0.717, 1.165) is 12.0 Å². The van der Waals surface area contributed by atoms with Gasteiger partial charge in [-0.25, -0.2) is 19.0 Å². The van der Waals surface area contributed by atoms with Crippen LogP contribution < -0.4 is 15.5 Å². The zero-order chi connectivity index (χ0) is 37.0. The lowest BCUT2D eigenvalue weighted by molar-refractivity contribution is -0.114. The molecule has 4 rings (SSSR count). The molecule has 1 fully saturated rings. The van der Waals surface area contributed by atoms with Crippen molar-refractivity contribution in [3.8, 4) is 0 Å². The number of aromatic nitrogens is 3. The molecule has 3 amide bonds. The number of carboxylic acid groups (broad SMARTS) is 1. The van der Waals surface area contributed by atoms with Crippen LogP contribution in [0.15, 0.2) is 48.9 Å². The van der Waals surface area contributed by atoms with Gasteiger partial charge in [-0.2, -0.15) is 9.61 Å². The number of fused-ring (bicyclic) bond motifs is 1. The molecule has 50 heavy (non-hydrogen) atoms. The summed E-state index contributed by atoms with van der Waals surface area (Å²) in [4.78, 5) is 45.2. The van der Waals surface area contributed by atoms with E-state index in [-0.39, 0.29) is 29.9 Å². The minimum absolute atomic E-state index is 0.0328. The molecule has 2 atom stereocenters. The van der Waals surface area contributed by atoms with Gasteiger partial charge in [0.2, 0.25) is 0 Å². The largest absolute Gasteiger partial charge is 0.465 e. The molecule has 14 heteroatoms. The first-order chi connectivity index (χ1) is 23.4. The van der Waals surface area contributed by atoms with Crippen LogP contribution in [-0.4, -0.2) is 81.1 Å². The van der Waals surface area contributed by atoms with Gasteiger partial charge in [0.25, 0.3) is 5.91 Å². The Morgan fingerprint density at radius 1 is 1.18 bits per heavy atom. The van der Waals surface area contributed by atoms with Gasteiger partial charge in [-0.05, 0) is 68.6 Å². The maximum absolute atomic E-state index is 13.9. The lowest BCUT2D eigenvalue weighted by atomic mass is 9.70. The van der Waals surface area contributed by atoms with Gasteiger partial charge < -0.3 is 30.1 Å². The fourth-order valence-electron chi connectivity index (χ4n) is 6.26. The maximum atomic E-state index is 13.9. The van der Waals surface area contributed by atoms with Gasteiger partial charge in [-0.15, -0.1) is 0 Å². The van der Waals surface area contributed by atoms with E-state index < -0.39 is 29.5 Å². The van der Waals surface area contributed by atoms with Crippen molar-refractivity contribution in [3.05, 3.63) is 60.1 Å². The Balaban J connectivity index is 1.68. The maximum Gasteiger partial charge on any atom is 0.416 e. The molecule has 1 aliphatic heterocycles. The number of carbonyl (C=O) groups excluding carboxylic acids is 2. The first kappa shape index (κ1) is 38.1. The van der Waals surface area contributed by atoms with Gasteiger partial charge in [-0.3, -0.25) is 9.69 Å². The number of nitrogens with zero attached hydrogens (tertiary/aromatic N) is 5. The van der Waals surface area contributed by atoms with E-state index in [2.05, 4.69) is 36.2 Å². The highest BCUT2D eigenvalue weighted by molar-refractivity contribution is 6.01. The van der Waals surface area contributed by atoms with Crippen molar-refractivity contribution in [1.82, 2.24) is 19.5 Å². The number of likely N-dealkylation sites (tertiary alicyclic amines) is 1. The lowest BCUT2D eigenvalue weighted by Crippen LogP contribution is -2.51. The summed E-state index contributed by atoms with van der Waals surface area (Å²) in [7, 11) is 1.62. The fraction of sp³-hybridized carbons (Fsp3) is 0.528. The number of carbonyl (C=O) groups is 3. The number of halogens is 1. The first-order valence-corrected chi connectivity index (χ1v) is 16.8. The molecule has 3 heterocycles. The van der Waals surface area contributed by atoms with E-state index in [1.54, 1.807) is 68.9 Å². The molecular weight excluding hydrogens is 645 g/mol. The van der Waals surface area contributed by atoms with Gasteiger partial charge in [0.15, 0.2) is 11.5 Å². The molecule has 2 aromatic heterocycles. The minimum atomic E-state index is -1.12. The molecule has 3 N–H and O–H groups in total. The fourth-order valence-corrected chi connectivity index (χ4v) is 6.26. The second kappa shape index (κ2) is 15.4. The highest BCUT2D eigenvalue weighted by Gasteiger charge is 2.40. The predicted octanol–water partition coefficient (Wildman–Crippen LogP) is 7.06. The molecule has 0 saturated carbocycles. The smallest absolute Gasteiger partial charge is 0.416 e. The molecule has 1 aromatic carbocycles. The molecule has 1 saturated heterocycles. The standard InChI is InChI=1S/C36H50FN7O6/c1-22(2)26-19-39-44-30(43(34(48)50-35(4,5)6)20-24-11-10-12-25(17-24)40-32(45)23(3)37)18-29(41-31(26)44)38-15-14-36(7,8)27-13-16-42(33(46)47)21-28(27)49-9/h10-12,17-19,22,27-28H,3,13-16,20-21H2,1-2,4-9H3,(H,38,41)(H,40,45)(H,46,47)/t27-,28-/m0/s1. The van der Waals surface area contributed by atoms with Crippen molar-refractivity contribution in [2.45, 2.75) is 85.5 Å². The number of rotatable bonds is 12. The van der Waals surface area contributed by atoms with E-state index >= 15 is 0 Å². The molecule has 0 spiro atoms. The molecule has 1 aliphatic rings. The average Bonchev–Trinajstić information content (AvgIpc) is 3.46. The number of nitrogens with one attached hydrogen (secondary N) is 2. The first-order valence-electron chi connectivity index (χ1n) is 16.8. The van der Waals surface area contributed by atoms with Crippen LogP contribution >= 0.6 is 0 Å². The van der Waals surface area contributed by atoms with Crippen molar-refractivity contribution < 1.29 is 33.4 Å². The highest BCUT2D eigenvalue weighted by atomic mass is 19.1. The van der Waals surface area contributed by atoms with Crippen LogP contribution in [0.5, 0.6) is 0 Å². The summed E-state index contributed by atoms with van der Waals surface area (Å²) < 4.78 is 26.6.